The Labute approximate surface area is 120 Å². The molecule has 3 nitrogen and oxygen atoms in total. The van der Waals surface area contributed by atoms with Gasteiger partial charge in [0.05, 0.1) is 0 Å². The molecule has 3 heteroatoms. The van der Waals surface area contributed by atoms with Crippen molar-refractivity contribution < 1.29 is 0 Å². The van der Waals surface area contributed by atoms with E-state index in [0.29, 0.717) is 0 Å². The van der Waals surface area contributed by atoms with Gasteiger partial charge in [-0.25, -0.2) is 9.97 Å². The van der Waals surface area contributed by atoms with Gasteiger partial charge in [-0.3, -0.25) is 0 Å². The van der Waals surface area contributed by atoms with Gasteiger partial charge < -0.3 is 5.73 Å². The van der Waals surface area contributed by atoms with E-state index in [1.165, 1.54) is 24.0 Å². The lowest BCUT2D eigenvalue weighted by atomic mass is 10.1. The topological polar surface area (TPSA) is 51.8 Å². The minimum atomic E-state index is 0.112. The predicted octanol–water partition coefficient (Wildman–Crippen LogP) is 3.10. The van der Waals surface area contributed by atoms with Gasteiger partial charge in [0.2, 0.25) is 0 Å². The molecule has 1 aliphatic carbocycles. The molecule has 1 aromatic carbocycles. The van der Waals surface area contributed by atoms with Crippen molar-refractivity contribution in [2.24, 2.45) is 5.73 Å². The van der Waals surface area contributed by atoms with Gasteiger partial charge in [0.1, 0.15) is 5.82 Å². The van der Waals surface area contributed by atoms with Gasteiger partial charge in [-0.05, 0) is 31.7 Å². The summed E-state index contributed by atoms with van der Waals surface area (Å²) in [5.41, 5.74) is 11.0. The minimum Gasteiger partial charge on any atom is -0.324 e. The van der Waals surface area contributed by atoms with Crippen molar-refractivity contribution in [1.82, 2.24) is 9.97 Å². The van der Waals surface area contributed by atoms with Gasteiger partial charge in [-0.1, -0.05) is 36.2 Å². The van der Waals surface area contributed by atoms with Crippen LogP contribution in [0.2, 0.25) is 0 Å². The van der Waals surface area contributed by atoms with Gasteiger partial charge in [0.25, 0.3) is 0 Å². The SMILES string of the molecule is Cc1cccc(Cc2ncc3c(n2)CCCCC3N)c1. The Morgan fingerprint density at radius 3 is 3.05 bits per heavy atom. The first-order valence-electron chi connectivity index (χ1n) is 7.38. The summed E-state index contributed by atoms with van der Waals surface area (Å²) in [6, 6.07) is 8.64. The van der Waals surface area contributed by atoms with Crippen molar-refractivity contribution in [3.8, 4) is 0 Å². The Balaban J connectivity index is 1.86. The standard InChI is InChI=1S/C17H21N3/c1-12-5-4-6-13(9-12)10-17-19-11-14-15(18)7-2-3-8-16(14)20-17/h4-6,9,11,15H,2-3,7-8,10,18H2,1H3. The van der Waals surface area contributed by atoms with E-state index < -0.39 is 0 Å². The molecule has 0 fully saturated rings. The summed E-state index contributed by atoms with van der Waals surface area (Å²) in [4.78, 5) is 9.28. The fourth-order valence-electron chi connectivity index (χ4n) is 2.88. The molecule has 1 atom stereocenters. The van der Waals surface area contributed by atoms with E-state index in [-0.39, 0.29) is 6.04 Å². The van der Waals surface area contributed by atoms with Crippen LogP contribution in [0.15, 0.2) is 30.5 Å². The van der Waals surface area contributed by atoms with Crippen LogP contribution in [0.4, 0.5) is 0 Å². The summed E-state index contributed by atoms with van der Waals surface area (Å²) in [5, 5.41) is 0. The van der Waals surface area contributed by atoms with Crippen LogP contribution in [-0.4, -0.2) is 9.97 Å². The largest absolute Gasteiger partial charge is 0.324 e. The van der Waals surface area contributed by atoms with Crippen LogP contribution in [0, 0.1) is 6.92 Å². The molecule has 0 aliphatic heterocycles. The van der Waals surface area contributed by atoms with Gasteiger partial charge in [0.15, 0.2) is 0 Å². The number of hydrogen-bond acceptors (Lipinski definition) is 3. The molecule has 0 spiro atoms. The maximum atomic E-state index is 6.19. The van der Waals surface area contributed by atoms with Gasteiger partial charge in [-0.15, -0.1) is 0 Å². The Kier molecular flexibility index (Phi) is 3.79. The molecule has 1 unspecified atom stereocenters. The predicted molar refractivity (Wildman–Crippen MR) is 80.5 cm³/mol. The summed E-state index contributed by atoms with van der Waals surface area (Å²) < 4.78 is 0. The lowest BCUT2D eigenvalue weighted by molar-refractivity contribution is 0.614. The zero-order valence-electron chi connectivity index (χ0n) is 12.0. The minimum absolute atomic E-state index is 0.112. The van der Waals surface area contributed by atoms with Gasteiger partial charge in [0, 0.05) is 29.9 Å². The van der Waals surface area contributed by atoms with Crippen molar-refractivity contribution in [3.05, 3.63) is 58.7 Å². The van der Waals surface area contributed by atoms with E-state index in [2.05, 4.69) is 36.2 Å². The summed E-state index contributed by atoms with van der Waals surface area (Å²) in [5.74, 6) is 0.906. The van der Waals surface area contributed by atoms with Crippen molar-refractivity contribution >= 4 is 0 Å². The zero-order chi connectivity index (χ0) is 13.9. The second-order valence-corrected chi connectivity index (χ2v) is 5.71. The summed E-state index contributed by atoms with van der Waals surface area (Å²) >= 11 is 0. The molecule has 0 radical (unpaired) electrons. The summed E-state index contributed by atoms with van der Waals surface area (Å²) in [6.45, 7) is 2.11. The first-order chi connectivity index (χ1) is 9.72. The number of fused-ring (bicyclic) bond motifs is 1. The average molecular weight is 267 g/mol. The summed E-state index contributed by atoms with van der Waals surface area (Å²) in [6.07, 6.45) is 7.19. The fraction of sp³-hybridized carbons (Fsp3) is 0.412. The molecule has 0 bridgehead atoms. The average Bonchev–Trinajstić information content (AvgIpc) is 2.61. The van der Waals surface area contributed by atoms with Crippen LogP contribution < -0.4 is 5.73 Å². The van der Waals surface area contributed by atoms with Crippen LogP contribution in [0.1, 0.15) is 53.5 Å². The highest BCUT2D eigenvalue weighted by molar-refractivity contribution is 5.27. The molecule has 104 valence electrons. The Morgan fingerprint density at radius 1 is 1.30 bits per heavy atom. The third kappa shape index (κ3) is 2.88. The lowest BCUT2D eigenvalue weighted by Gasteiger charge is -2.12. The first kappa shape index (κ1) is 13.3. The van der Waals surface area contributed by atoms with E-state index in [1.54, 1.807) is 0 Å². The molecule has 2 aromatic rings. The molecule has 1 heterocycles. The van der Waals surface area contributed by atoms with Crippen molar-refractivity contribution in [2.75, 3.05) is 0 Å². The molecule has 20 heavy (non-hydrogen) atoms. The Bertz CT molecular complexity index is 607. The van der Waals surface area contributed by atoms with Crippen LogP contribution in [0.5, 0.6) is 0 Å². The molecule has 0 amide bonds. The third-order valence-corrected chi connectivity index (χ3v) is 3.97. The molecule has 0 saturated carbocycles. The molecule has 2 N–H and O–H groups in total. The highest BCUT2D eigenvalue weighted by Crippen LogP contribution is 2.25. The lowest BCUT2D eigenvalue weighted by Crippen LogP contribution is -2.13. The number of aryl methyl sites for hydroxylation is 2. The number of benzene rings is 1. The van der Waals surface area contributed by atoms with Crippen molar-refractivity contribution in [2.45, 2.75) is 45.1 Å². The van der Waals surface area contributed by atoms with Gasteiger partial charge >= 0.3 is 0 Å². The van der Waals surface area contributed by atoms with E-state index in [4.69, 9.17) is 10.7 Å². The van der Waals surface area contributed by atoms with E-state index in [1.807, 2.05) is 6.20 Å². The highest BCUT2D eigenvalue weighted by atomic mass is 14.9. The zero-order valence-corrected chi connectivity index (χ0v) is 12.0. The number of aromatic nitrogens is 2. The fourth-order valence-corrected chi connectivity index (χ4v) is 2.88. The van der Waals surface area contributed by atoms with Crippen LogP contribution in [0.3, 0.4) is 0 Å². The van der Waals surface area contributed by atoms with Crippen LogP contribution in [-0.2, 0) is 12.8 Å². The molecular formula is C17H21N3. The van der Waals surface area contributed by atoms with E-state index in [0.717, 1.165) is 36.3 Å². The van der Waals surface area contributed by atoms with Crippen molar-refractivity contribution in [1.29, 1.82) is 0 Å². The smallest absolute Gasteiger partial charge is 0.132 e. The van der Waals surface area contributed by atoms with Crippen molar-refractivity contribution in [3.63, 3.8) is 0 Å². The summed E-state index contributed by atoms with van der Waals surface area (Å²) in [7, 11) is 0. The third-order valence-electron chi connectivity index (χ3n) is 3.97. The monoisotopic (exact) mass is 267 g/mol. The van der Waals surface area contributed by atoms with Gasteiger partial charge in [-0.2, -0.15) is 0 Å². The second kappa shape index (κ2) is 5.71. The molecular weight excluding hydrogens is 246 g/mol. The molecule has 3 rings (SSSR count). The maximum absolute atomic E-state index is 6.19. The van der Waals surface area contributed by atoms with E-state index >= 15 is 0 Å². The second-order valence-electron chi connectivity index (χ2n) is 5.71. The Morgan fingerprint density at radius 2 is 2.20 bits per heavy atom. The maximum Gasteiger partial charge on any atom is 0.132 e. The van der Waals surface area contributed by atoms with E-state index in [9.17, 15) is 0 Å². The first-order valence-corrected chi connectivity index (χ1v) is 7.38. The number of nitrogens with zero attached hydrogens (tertiary/aromatic N) is 2. The number of nitrogens with two attached hydrogens (primary N) is 1. The quantitative estimate of drug-likeness (QED) is 0.851. The molecule has 0 saturated heterocycles. The highest BCUT2D eigenvalue weighted by Gasteiger charge is 2.17. The van der Waals surface area contributed by atoms with Crippen LogP contribution >= 0.6 is 0 Å². The normalized spacial score (nSPS) is 18.4. The Hall–Kier alpha value is -1.74. The molecule has 1 aliphatic rings. The van der Waals surface area contributed by atoms with Crippen LogP contribution in [0.25, 0.3) is 0 Å². The number of hydrogen-bond donors (Lipinski definition) is 1. The molecule has 1 aromatic heterocycles. The number of rotatable bonds is 2.